The molecular weight excluding hydrogens is 162 g/mol. The molecule has 0 unspecified atom stereocenters. The number of esters is 1. The number of hydrogen-bond acceptors (Lipinski definition) is 4. The average molecular weight is 173 g/mol. The first-order valence-electron chi connectivity index (χ1n) is 3.59. The van der Waals surface area contributed by atoms with Crippen LogP contribution in [0.1, 0.15) is 6.92 Å². The lowest BCUT2D eigenvalue weighted by Crippen LogP contribution is -2.41. The highest BCUT2D eigenvalue weighted by Crippen LogP contribution is 2.10. The standard InChI is InChI=1S/C7H11NO4/c1-5(9)8-4-12-3-6(8)7(10)11-2/h6H,3-4H2,1-2H3/t6-/m0/s1. The van der Waals surface area contributed by atoms with Crippen molar-refractivity contribution >= 4 is 11.9 Å². The Morgan fingerprint density at radius 1 is 1.58 bits per heavy atom. The van der Waals surface area contributed by atoms with Crippen LogP contribution in [0.3, 0.4) is 0 Å². The molecule has 1 saturated heterocycles. The quantitative estimate of drug-likeness (QED) is 0.495. The van der Waals surface area contributed by atoms with Gasteiger partial charge in [-0.1, -0.05) is 0 Å². The van der Waals surface area contributed by atoms with Gasteiger partial charge in [0.25, 0.3) is 0 Å². The molecule has 1 fully saturated rings. The van der Waals surface area contributed by atoms with Gasteiger partial charge in [-0.2, -0.15) is 0 Å². The number of methoxy groups -OCH3 is 1. The zero-order valence-corrected chi connectivity index (χ0v) is 7.07. The van der Waals surface area contributed by atoms with E-state index in [9.17, 15) is 9.59 Å². The fourth-order valence-electron chi connectivity index (χ4n) is 1.08. The van der Waals surface area contributed by atoms with E-state index in [0.717, 1.165) is 0 Å². The Labute approximate surface area is 70.2 Å². The van der Waals surface area contributed by atoms with E-state index in [1.165, 1.54) is 18.9 Å². The van der Waals surface area contributed by atoms with E-state index in [1.54, 1.807) is 0 Å². The highest BCUT2D eigenvalue weighted by atomic mass is 16.5. The summed E-state index contributed by atoms with van der Waals surface area (Å²) in [6.07, 6.45) is 0. The van der Waals surface area contributed by atoms with Gasteiger partial charge in [0, 0.05) is 6.92 Å². The third-order valence-corrected chi connectivity index (χ3v) is 1.76. The first-order chi connectivity index (χ1) is 5.66. The first-order valence-corrected chi connectivity index (χ1v) is 3.59. The predicted molar refractivity (Wildman–Crippen MR) is 39.1 cm³/mol. The molecule has 1 atom stereocenters. The number of ether oxygens (including phenoxy) is 2. The zero-order chi connectivity index (χ0) is 9.14. The molecule has 0 N–H and O–H groups in total. The molecule has 1 aliphatic rings. The normalized spacial score (nSPS) is 22.5. The molecule has 0 radical (unpaired) electrons. The van der Waals surface area contributed by atoms with Crippen LogP contribution in [0.2, 0.25) is 0 Å². The Morgan fingerprint density at radius 2 is 2.25 bits per heavy atom. The van der Waals surface area contributed by atoms with Crippen LogP contribution in [0.25, 0.3) is 0 Å². The molecule has 0 aliphatic carbocycles. The monoisotopic (exact) mass is 173 g/mol. The number of carbonyl (C=O) groups excluding carboxylic acids is 2. The maximum Gasteiger partial charge on any atom is 0.331 e. The summed E-state index contributed by atoms with van der Waals surface area (Å²) >= 11 is 0. The van der Waals surface area contributed by atoms with E-state index >= 15 is 0 Å². The van der Waals surface area contributed by atoms with Crippen molar-refractivity contribution < 1.29 is 19.1 Å². The lowest BCUT2D eigenvalue weighted by atomic mass is 10.3. The minimum atomic E-state index is -0.563. The summed E-state index contributed by atoms with van der Waals surface area (Å²) in [5.74, 6) is -0.606. The van der Waals surface area contributed by atoms with Crippen LogP contribution >= 0.6 is 0 Å². The smallest absolute Gasteiger partial charge is 0.331 e. The highest BCUT2D eigenvalue weighted by Gasteiger charge is 2.33. The molecule has 1 aliphatic heterocycles. The molecule has 0 bridgehead atoms. The molecule has 0 saturated carbocycles. The van der Waals surface area contributed by atoms with Crippen molar-refractivity contribution in [3.05, 3.63) is 0 Å². The second kappa shape index (κ2) is 3.53. The van der Waals surface area contributed by atoms with E-state index in [-0.39, 0.29) is 19.2 Å². The minimum absolute atomic E-state index is 0.176. The molecular formula is C7H11NO4. The fraction of sp³-hybridized carbons (Fsp3) is 0.714. The van der Waals surface area contributed by atoms with Gasteiger partial charge in [0.1, 0.15) is 6.73 Å². The number of carbonyl (C=O) groups is 2. The third-order valence-electron chi connectivity index (χ3n) is 1.76. The molecule has 0 aromatic carbocycles. The molecule has 0 aromatic heterocycles. The van der Waals surface area contributed by atoms with E-state index in [4.69, 9.17) is 4.74 Å². The van der Waals surface area contributed by atoms with Crippen LogP contribution in [-0.4, -0.2) is 43.3 Å². The van der Waals surface area contributed by atoms with E-state index in [2.05, 4.69) is 4.74 Å². The summed E-state index contributed by atoms with van der Waals surface area (Å²) in [7, 11) is 1.29. The van der Waals surface area contributed by atoms with Gasteiger partial charge in [-0.15, -0.1) is 0 Å². The SMILES string of the molecule is COC(=O)[C@@H]1COCN1C(C)=O. The molecule has 1 rings (SSSR count). The van der Waals surface area contributed by atoms with Gasteiger partial charge < -0.3 is 14.4 Å². The molecule has 68 valence electrons. The molecule has 0 spiro atoms. The van der Waals surface area contributed by atoms with E-state index < -0.39 is 12.0 Å². The Hall–Kier alpha value is -1.10. The number of nitrogens with zero attached hydrogens (tertiary/aromatic N) is 1. The fourth-order valence-corrected chi connectivity index (χ4v) is 1.08. The van der Waals surface area contributed by atoms with E-state index in [1.807, 2.05) is 0 Å². The van der Waals surface area contributed by atoms with Crippen LogP contribution < -0.4 is 0 Å². The van der Waals surface area contributed by atoms with Crippen molar-refractivity contribution in [2.45, 2.75) is 13.0 Å². The maximum atomic E-state index is 11.0. The Balaban J connectivity index is 2.63. The van der Waals surface area contributed by atoms with Gasteiger partial charge >= 0.3 is 5.97 Å². The zero-order valence-electron chi connectivity index (χ0n) is 7.07. The second-order valence-corrected chi connectivity index (χ2v) is 2.53. The largest absolute Gasteiger partial charge is 0.467 e. The lowest BCUT2D eigenvalue weighted by molar-refractivity contribution is -0.149. The summed E-state index contributed by atoms with van der Waals surface area (Å²) in [5, 5.41) is 0. The molecule has 1 amide bonds. The van der Waals surface area contributed by atoms with Crippen molar-refractivity contribution in [3.63, 3.8) is 0 Å². The Bertz CT molecular complexity index is 204. The van der Waals surface area contributed by atoms with Crippen LogP contribution in [0.15, 0.2) is 0 Å². The first kappa shape index (κ1) is 8.99. The van der Waals surface area contributed by atoms with Crippen molar-refractivity contribution in [2.24, 2.45) is 0 Å². The summed E-state index contributed by atoms with van der Waals surface area (Å²) in [6, 6.07) is -0.563. The summed E-state index contributed by atoms with van der Waals surface area (Å²) < 4.78 is 9.46. The molecule has 5 nitrogen and oxygen atoms in total. The van der Waals surface area contributed by atoms with Crippen LogP contribution in [0, 0.1) is 0 Å². The van der Waals surface area contributed by atoms with Crippen molar-refractivity contribution in [1.29, 1.82) is 0 Å². The van der Waals surface area contributed by atoms with Crippen LogP contribution in [-0.2, 0) is 19.1 Å². The average Bonchev–Trinajstić information content (AvgIpc) is 2.50. The van der Waals surface area contributed by atoms with Crippen molar-refractivity contribution in [1.82, 2.24) is 4.90 Å². The van der Waals surface area contributed by atoms with Crippen molar-refractivity contribution in [2.75, 3.05) is 20.4 Å². The summed E-state index contributed by atoms with van der Waals surface area (Å²) in [6.45, 7) is 1.80. The third kappa shape index (κ3) is 1.55. The molecule has 12 heavy (non-hydrogen) atoms. The van der Waals surface area contributed by atoms with Gasteiger partial charge in [0.2, 0.25) is 5.91 Å². The van der Waals surface area contributed by atoms with Gasteiger partial charge in [-0.3, -0.25) is 4.79 Å². The number of amides is 1. The highest BCUT2D eigenvalue weighted by molar-refractivity contribution is 5.83. The molecule has 0 aromatic rings. The van der Waals surface area contributed by atoms with E-state index in [0.29, 0.717) is 0 Å². The number of hydrogen-bond donors (Lipinski definition) is 0. The Morgan fingerprint density at radius 3 is 2.75 bits per heavy atom. The van der Waals surface area contributed by atoms with Gasteiger partial charge in [-0.05, 0) is 0 Å². The van der Waals surface area contributed by atoms with Gasteiger partial charge in [0.05, 0.1) is 13.7 Å². The molecule has 5 heteroatoms. The second-order valence-electron chi connectivity index (χ2n) is 2.53. The summed E-state index contributed by atoms with van der Waals surface area (Å²) in [5.41, 5.74) is 0. The Kier molecular flexibility index (Phi) is 2.65. The van der Waals surface area contributed by atoms with Gasteiger partial charge in [0.15, 0.2) is 6.04 Å². The summed E-state index contributed by atoms with van der Waals surface area (Å²) in [4.78, 5) is 23.3. The van der Waals surface area contributed by atoms with Gasteiger partial charge in [-0.25, -0.2) is 4.79 Å². The lowest BCUT2D eigenvalue weighted by Gasteiger charge is -2.17. The topological polar surface area (TPSA) is 55.8 Å². The number of rotatable bonds is 1. The van der Waals surface area contributed by atoms with Crippen molar-refractivity contribution in [3.8, 4) is 0 Å². The van der Waals surface area contributed by atoms with Crippen LogP contribution in [0.4, 0.5) is 0 Å². The maximum absolute atomic E-state index is 11.0. The minimum Gasteiger partial charge on any atom is -0.467 e. The predicted octanol–water partition coefficient (Wildman–Crippen LogP) is -0.636. The molecule has 1 heterocycles. The van der Waals surface area contributed by atoms with Crippen LogP contribution in [0.5, 0.6) is 0 Å².